The van der Waals surface area contributed by atoms with Crippen LogP contribution in [0, 0.1) is 17.8 Å². The number of fused-ring (bicyclic) bond motifs is 4. The van der Waals surface area contributed by atoms with E-state index < -0.39 is 27.3 Å². The van der Waals surface area contributed by atoms with Crippen LogP contribution in [0.1, 0.15) is 77.3 Å². The number of rotatable bonds is 5. The van der Waals surface area contributed by atoms with Crippen LogP contribution >= 0.6 is 11.6 Å². The van der Waals surface area contributed by atoms with Crippen molar-refractivity contribution in [1.82, 2.24) is 19.4 Å². The average molecular weight is 807 g/mol. The summed E-state index contributed by atoms with van der Waals surface area (Å²) in [6.45, 7) is 3.37. The van der Waals surface area contributed by atoms with Crippen LogP contribution < -0.4 is 19.1 Å². The summed E-state index contributed by atoms with van der Waals surface area (Å²) in [6.07, 6.45) is 9.60. The third-order valence-corrected chi connectivity index (χ3v) is 14.1. The van der Waals surface area contributed by atoms with Gasteiger partial charge in [0.2, 0.25) is 11.8 Å². The monoisotopic (exact) mass is 806 g/mol. The van der Waals surface area contributed by atoms with Crippen molar-refractivity contribution in [2.24, 2.45) is 29.2 Å². The molecular weight excluding hydrogens is 756 g/mol. The molecule has 3 amide bonds. The number of nitrogens with one attached hydrogen (secondary N) is 1. The fraction of sp³-hybridized carbons (Fsp3) is 0.512. The Morgan fingerprint density at radius 2 is 2.00 bits per heavy atom. The van der Waals surface area contributed by atoms with E-state index in [1.54, 1.807) is 45.4 Å². The first-order valence-corrected chi connectivity index (χ1v) is 21.3. The van der Waals surface area contributed by atoms with Gasteiger partial charge in [0.15, 0.2) is 0 Å². The first-order valence-electron chi connectivity index (χ1n) is 19.2. The number of aromatic nitrogens is 2. The van der Waals surface area contributed by atoms with Crippen LogP contribution in [0.3, 0.4) is 0 Å². The predicted octanol–water partition coefficient (Wildman–Crippen LogP) is 5.34. The number of aryl methyl sites for hydroxylation is 2. The smallest absolute Gasteiger partial charge is 0.286 e. The molecule has 7 rings (SSSR count). The molecule has 3 aromatic rings. The zero-order valence-electron chi connectivity index (χ0n) is 32.6. The molecule has 1 spiro atoms. The Bertz CT molecular complexity index is 2200. The summed E-state index contributed by atoms with van der Waals surface area (Å²) < 4.78 is 34.8. The van der Waals surface area contributed by atoms with E-state index >= 15 is 0 Å². The molecule has 2 bridgehead atoms. The highest BCUT2D eigenvalue weighted by atomic mass is 35.5. The van der Waals surface area contributed by atoms with Gasteiger partial charge in [-0.3, -0.25) is 23.8 Å². The Hall–Kier alpha value is -4.40. The van der Waals surface area contributed by atoms with Crippen molar-refractivity contribution in [3.8, 4) is 11.6 Å². The summed E-state index contributed by atoms with van der Waals surface area (Å²) in [7, 11) is 2.65. The standard InChI is InChI=1S/C41H51ClN6O7S/c1-26-8-6-17-41(52,20-36(49)46(2)3)33-13-10-29(33)21-48-24-40(16-7-9-27-18-30(42)12-14-32(27)40)25-55-35-15-11-28(19-34(35)48)37(50)44-56(53,23-26)45-38(51)31-22-47(4)43-39(31)54-5/h6,11-12,14-15,17-19,22,26,29,33,52H,7-10,13,16,20-21,23-25H2,1-5H3,(H,44,45,50,51,53)/b17-6+/t26-,29-,33+,40-,41+,56-/m0/s1. The quantitative estimate of drug-likeness (QED) is 0.325. The summed E-state index contributed by atoms with van der Waals surface area (Å²) in [6, 6.07) is 11.2. The number of carbonyl (C=O) groups is 3. The van der Waals surface area contributed by atoms with Gasteiger partial charge in [-0.2, -0.15) is 0 Å². The van der Waals surface area contributed by atoms with Crippen LogP contribution in [0.15, 0.2) is 59.1 Å². The Balaban J connectivity index is 1.34. The van der Waals surface area contributed by atoms with Gasteiger partial charge in [-0.15, -0.1) is 9.46 Å². The molecule has 56 heavy (non-hydrogen) atoms. The Morgan fingerprint density at radius 1 is 1.20 bits per heavy atom. The van der Waals surface area contributed by atoms with Gasteiger partial charge < -0.3 is 24.4 Å². The molecule has 4 aliphatic rings. The molecule has 13 nitrogen and oxygen atoms in total. The van der Waals surface area contributed by atoms with E-state index in [1.807, 2.05) is 25.1 Å². The number of aliphatic hydroxyl groups is 1. The maximum Gasteiger partial charge on any atom is 0.286 e. The van der Waals surface area contributed by atoms with Crippen LogP contribution in [-0.4, -0.2) is 94.0 Å². The number of halogens is 1. The van der Waals surface area contributed by atoms with E-state index in [-0.39, 0.29) is 58.3 Å². The van der Waals surface area contributed by atoms with Crippen LogP contribution in [-0.2, 0) is 33.6 Å². The molecule has 15 heteroatoms. The molecule has 0 saturated heterocycles. The van der Waals surface area contributed by atoms with E-state index in [0.717, 1.165) is 32.1 Å². The van der Waals surface area contributed by atoms with Crippen LogP contribution in [0.2, 0.25) is 5.02 Å². The third-order valence-electron chi connectivity index (χ3n) is 11.9. The van der Waals surface area contributed by atoms with Gasteiger partial charge in [-0.25, -0.2) is 4.21 Å². The van der Waals surface area contributed by atoms with Gasteiger partial charge in [-0.05, 0) is 97.7 Å². The van der Waals surface area contributed by atoms with Crippen LogP contribution in [0.4, 0.5) is 5.69 Å². The van der Waals surface area contributed by atoms with Crippen molar-refractivity contribution in [1.29, 1.82) is 0 Å². The Morgan fingerprint density at radius 3 is 2.73 bits per heavy atom. The molecule has 6 atom stereocenters. The van der Waals surface area contributed by atoms with E-state index in [1.165, 1.54) is 34.0 Å². The van der Waals surface area contributed by atoms with Gasteiger partial charge >= 0.3 is 0 Å². The van der Waals surface area contributed by atoms with Gasteiger partial charge in [0, 0.05) is 56.4 Å². The van der Waals surface area contributed by atoms with E-state index in [2.05, 4.69) is 25.1 Å². The first-order chi connectivity index (χ1) is 26.6. The SMILES string of the molecule is COc1nn(C)cc1C(=O)N[S@@]1(=O)=NC(=O)c2ccc3c(c2)N(C[C@@H]2CC[C@H]2[C@](O)(CC(=O)N(C)C)/C=C/C[C@H](C)C1)C[C@@]1(CCCc2cc(Cl)ccc21)CO3. The molecular formula is C41H51ClN6O7S. The van der Waals surface area contributed by atoms with Gasteiger partial charge in [-0.1, -0.05) is 36.7 Å². The number of hydrogen-bond donors (Lipinski definition) is 2. The summed E-state index contributed by atoms with van der Waals surface area (Å²) in [5, 5.41) is 17.3. The van der Waals surface area contributed by atoms with Crippen molar-refractivity contribution >= 4 is 44.9 Å². The molecule has 0 radical (unpaired) electrons. The molecule has 2 N–H and O–H groups in total. The molecule has 300 valence electrons. The van der Waals surface area contributed by atoms with Crippen LogP contribution in [0.25, 0.3) is 0 Å². The van der Waals surface area contributed by atoms with E-state index in [4.69, 9.17) is 21.1 Å². The number of hydrogen-bond acceptors (Lipinski definition) is 9. The largest absolute Gasteiger partial charge is 0.490 e. The summed E-state index contributed by atoms with van der Waals surface area (Å²) in [5.74, 6) is -1.74. The number of allylic oxidation sites excluding steroid dienone is 1. The highest BCUT2D eigenvalue weighted by Crippen LogP contribution is 2.49. The molecule has 1 saturated carbocycles. The lowest BCUT2D eigenvalue weighted by atomic mass is 9.63. The zero-order valence-corrected chi connectivity index (χ0v) is 34.2. The van der Waals surface area contributed by atoms with Crippen LogP contribution in [0.5, 0.6) is 11.6 Å². The molecule has 2 aliphatic heterocycles. The van der Waals surface area contributed by atoms with Gasteiger partial charge in [0.25, 0.3) is 11.8 Å². The lowest BCUT2D eigenvalue weighted by Gasteiger charge is -2.49. The highest BCUT2D eigenvalue weighted by Gasteiger charge is 2.49. The van der Waals surface area contributed by atoms with Gasteiger partial charge in [0.1, 0.15) is 21.2 Å². The van der Waals surface area contributed by atoms with Crippen molar-refractivity contribution in [3.05, 3.63) is 82.0 Å². The molecule has 3 heterocycles. The second kappa shape index (κ2) is 15.5. The lowest BCUT2D eigenvalue weighted by molar-refractivity contribution is -0.137. The van der Waals surface area contributed by atoms with Gasteiger partial charge in [0.05, 0.1) is 37.2 Å². The number of carbonyl (C=O) groups excluding carboxylic acids is 3. The van der Waals surface area contributed by atoms with Crippen molar-refractivity contribution < 1.29 is 33.2 Å². The average Bonchev–Trinajstić information content (AvgIpc) is 3.44. The summed E-state index contributed by atoms with van der Waals surface area (Å²) >= 11 is 6.47. The first kappa shape index (κ1) is 39.8. The summed E-state index contributed by atoms with van der Waals surface area (Å²) in [5.41, 5.74) is 1.50. The van der Waals surface area contributed by atoms with Crippen molar-refractivity contribution in [2.75, 3.05) is 51.6 Å². The zero-order chi connectivity index (χ0) is 40.0. The number of methoxy groups -OCH3 is 1. The Kier molecular flexibility index (Phi) is 11.0. The van der Waals surface area contributed by atoms with Crippen molar-refractivity contribution in [2.45, 2.75) is 62.9 Å². The van der Waals surface area contributed by atoms with E-state index in [9.17, 15) is 23.7 Å². The number of amides is 3. The normalized spacial score (nSPS) is 29.4. The number of ether oxygens (including phenoxy) is 2. The fourth-order valence-corrected chi connectivity index (χ4v) is 11.0. The second-order valence-electron chi connectivity index (χ2n) is 16.3. The van der Waals surface area contributed by atoms with Crippen molar-refractivity contribution in [3.63, 3.8) is 0 Å². The highest BCUT2D eigenvalue weighted by molar-refractivity contribution is 7.92. The molecule has 2 aliphatic carbocycles. The third kappa shape index (κ3) is 7.92. The minimum absolute atomic E-state index is 0.0312. The van der Waals surface area contributed by atoms with E-state index in [0.29, 0.717) is 42.6 Å². The maximum absolute atomic E-state index is 14.7. The predicted molar refractivity (Wildman–Crippen MR) is 215 cm³/mol. The molecule has 0 unspecified atom stereocenters. The molecule has 1 fully saturated rings. The molecule has 2 aromatic carbocycles. The topological polar surface area (TPSA) is 156 Å². The fourth-order valence-electron chi connectivity index (χ4n) is 8.91. The number of nitrogens with zero attached hydrogens (tertiary/aromatic N) is 5. The number of anilines is 1. The Labute approximate surface area is 333 Å². The minimum atomic E-state index is -3.73. The minimum Gasteiger partial charge on any atom is -0.490 e. The summed E-state index contributed by atoms with van der Waals surface area (Å²) in [4.78, 5) is 44.7. The lowest BCUT2D eigenvalue weighted by Crippen LogP contribution is -2.53. The maximum atomic E-state index is 14.7. The molecule has 1 aromatic heterocycles. The number of benzene rings is 2. The second-order valence-corrected chi connectivity index (χ2v) is 18.7.